The van der Waals surface area contributed by atoms with Crippen LogP contribution in [0.5, 0.6) is 0 Å². The Bertz CT molecular complexity index is 237. The maximum absolute atomic E-state index is 5.72. The van der Waals surface area contributed by atoms with E-state index >= 15 is 0 Å². The molecule has 0 fully saturated rings. The summed E-state index contributed by atoms with van der Waals surface area (Å²) in [5, 5.41) is 0.595. The van der Waals surface area contributed by atoms with Gasteiger partial charge in [0.25, 0.3) is 0 Å². The zero-order valence-corrected chi connectivity index (χ0v) is 7.46. The average molecular weight is 174 g/mol. The molecule has 0 N–H and O–H groups in total. The lowest BCUT2D eigenvalue weighted by atomic mass is 10.3. The first-order valence-electron chi connectivity index (χ1n) is 2.90. The van der Waals surface area contributed by atoms with Crippen molar-refractivity contribution in [3.63, 3.8) is 0 Å². The third kappa shape index (κ3) is 1.64. The summed E-state index contributed by atoms with van der Waals surface area (Å²) in [4.78, 5) is 5.15. The number of hydrogen-bond donors (Lipinski definition) is 0. The normalized spacial score (nSPS) is 9.90. The Morgan fingerprint density at radius 3 is 2.80 bits per heavy atom. The maximum atomic E-state index is 5.72. The molecule has 0 radical (unpaired) electrons. The second kappa shape index (κ2) is 3.26. The minimum absolute atomic E-state index is 0.595. The van der Waals surface area contributed by atoms with Gasteiger partial charge in [-0.15, -0.1) is 11.8 Å². The Balaban J connectivity index is 3.04. The lowest BCUT2D eigenvalue weighted by molar-refractivity contribution is 1.19. The van der Waals surface area contributed by atoms with Crippen LogP contribution in [0.3, 0.4) is 0 Å². The summed E-state index contributed by atoms with van der Waals surface area (Å²) in [7, 11) is 0. The molecule has 0 unspecified atom stereocenters. The number of halogens is 1. The number of aromatic nitrogens is 1. The van der Waals surface area contributed by atoms with Crippen molar-refractivity contribution in [3.8, 4) is 0 Å². The second-order valence-electron chi connectivity index (χ2n) is 1.98. The van der Waals surface area contributed by atoms with E-state index in [1.165, 1.54) is 0 Å². The molecule has 1 heterocycles. The van der Waals surface area contributed by atoms with Crippen molar-refractivity contribution in [2.45, 2.75) is 11.8 Å². The molecule has 1 rings (SSSR count). The molecule has 0 aromatic carbocycles. The number of aryl methyl sites for hydroxylation is 1. The van der Waals surface area contributed by atoms with Crippen molar-refractivity contribution in [1.29, 1.82) is 0 Å². The van der Waals surface area contributed by atoms with Crippen LogP contribution < -0.4 is 0 Å². The van der Waals surface area contributed by atoms with Gasteiger partial charge in [0.05, 0.1) is 0 Å². The number of nitrogens with zero attached hydrogens (tertiary/aromatic N) is 1. The minimum Gasteiger partial charge on any atom is -0.243 e. The fourth-order valence-electron chi connectivity index (χ4n) is 0.644. The molecule has 1 aromatic rings. The second-order valence-corrected chi connectivity index (χ2v) is 3.22. The van der Waals surface area contributed by atoms with Gasteiger partial charge in [-0.1, -0.05) is 11.6 Å². The summed E-state index contributed by atoms with van der Waals surface area (Å²) in [5.41, 5.74) is 1.04. The number of pyridine rings is 1. The lowest BCUT2D eigenvalue weighted by Gasteiger charge is -1.98. The fourth-order valence-corrected chi connectivity index (χ4v) is 1.20. The summed E-state index contributed by atoms with van der Waals surface area (Å²) in [6, 6.07) is 2.03. The molecule has 54 valence electrons. The molecule has 0 aliphatic rings. The minimum atomic E-state index is 0.595. The molecule has 1 aromatic heterocycles. The van der Waals surface area contributed by atoms with Gasteiger partial charge < -0.3 is 0 Å². The van der Waals surface area contributed by atoms with Gasteiger partial charge in [-0.05, 0) is 24.8 Å². The van der Waals surface area contributed by atoms with Crippen LogP contribution in [0, 0.1) is 6.92 Å². The molecular formula is C7H8ClNS. The molecule has 0 atom stereocenters. The van der Waals surface area contributed by atoms with Crippen LogP contribution in [-0.4, -0.2) is 11.2 Å². The molecule has 10 heavy (non-hydrogen) atoms. The molecule has 0 bridgehead atoms. The van der Waals surface area contributed by atoms with Crippen LogP contribution in [0.15, 0.2) is 17.2 Å². The lowest BCUT2D eigenvalue weighted by Crippen LogP contribution is -1.80. The summed E-state index contributed by atoms with van der Waals surface area (Å²) in [6.45, 7) is 1.95. The van der Waals surface area contributed by atoms with Crippen molar-refractivity contribution in [1.82, 2.24) is 4.98 Å². The monoisotopic (exact) mass is 173 g/mol. The molecule has 3 heteroatoms. The Labute approximate surface area is 69.8 Å². The molecule has 0 aliphatic heterocycles. The first kappa shape index (κ1) is 7.89. The number of thioether (sulfide) groups is 1. The fraction of sp³-hybridized carbons (Fsp3) is 0.286. The molecule has 0 spiro atoms. The highest BCUT2D eigenvalue weighted by Crippen LogP contribution is 2.18. The van der Waals surface area contributed by atoms with Gasteiger partial charge in [0, 0.05) is 11.1 Å². The van der Waals surface area contributed by atoms with Crippen LogP contribution in [0.25, 0.3) is 0 Å². The largest absolute Gasteiger partial charge is 0.243 e. The van der Waals surface area contributed by atoms with Gasteiger partial charge in [-0.2, -0.15) is 0 Å². The van der Waals surface area contributed by atoms with Gasteiger partial charge in [-0.3, -0.25) is 0 Å². The van der Waals surface area contributed by atoms with Gasteiger partial charge in [0.2, 0.25) is 0 Å². The third-order valence-corrected chi connectivity index (χ3v) is 2.32. The van der Waals surface area contributed by atoms with E-state index < -0.39 is 0 Å². The van der Waals surface area contributed by atoms with Crippen LogP contribution >= 0.6 is 23.4 Å². The van der Waals surface area contributed by atoms with Crippen molar-refractivity contribution >= 4 is 23.4 Å². The highest BCUT2D eigenvalue weighted by Gasteiger charge is 1.95. The first-order valence-corrected chi connectivity index (χ1v) is 4.50. The third-order valence-electron chi connectivity index (χ3n) is 1.23. The Morgan fingerprint density at radius 2 is 2.30 bits per heavy atom. The zero-order chi connectivity index (χ0) is 7.56. The van der Waals surface area contributed by atoms with Gasteiger partial charge in [0.1, 0.15) is 5.15 Å². The molecule has 0 aliphatic carbocycles. The molecule has 1 nitrogen and oxygen atoms in total. The first-order chi connectivity index (χ1) is 4.74. The van der Waals surface area contributed by atoms with Crippen LogP contribution in [0.2, 0.25) is 5.15 Å². The van der Waals surface area contributed by atoms with Crippen molar-refractivity contribution in [2.75, 3.05) is 6.26 Å². The quantitative estimate of drug-likeness (QED) is 0.479. The standard InChI is InChI=1S/C7H8ClNS/c1-5-3-6(10-2)4-9-7(5)8/h3-4H,1-2H3. The van der Waals surface area contributed by atoms with Crippen LogP contribution in [0.4, 0.5) is 0 Å². The zero-order valence-electron chi connectivity index (χ0n) is 5.89. The Hall–Kier alpha value is -0.210. The smallest absolute Gasteiger partial charge is 0.131 e. The Kier molecular flexibility index (Phi) is 2.57. The highest BCUT2D eigenvalue weighted by molar-refractivity contribution is 7.98. The van der Waals surface area contributed by atoms with Crippen molar-refractivity contribution < 1.29 is 0 Å². The summed E-state index contributed by atoms with van der Waals surface area (Å²) in [6.07, 6.45) is 3.80. The van der Waals surface area contributed by atoms with Gasteiger partial charge >= 0.3 is 0 Å². The molecule has 0 saturated carbocycles. The topological polar surface area (TPSA) is 12.9 Å². The van der Waals surface area contributed by atoms with E-state index in [0.717, 1.165) is 10.5 Å². The van der Waals surface area contributed by atoms with Crippen LogP contribution in [0.1, 0.15) is 5.56 Å². The predicted molar refractivity (Wildman–Crippen MR) is 45.8 cm³/mol. The van der Waals surface area contributed by atoms with E-state index in [9.17, 15) is 0 Å². The number of hydrogen-bond acceptors (Lipinski definition) is 2. The number of rotatable bonds is 1. The van der Waals surface area contributed by atoms with E-state index in [1.54, 1.807) is 18.0 Å². The van der Waals surface area contributed by atoms with E-state index in [0.29, 0.717) is 5.15 Å². The highest BCUT2D eigenvalue weighted by atomic mass is 35.5. The summed E-state index contributed by atoms with van der Waals surface area (Å²) >= 11 is 7.39. The van der Waals surface area contributed by atoms with E-state index in [2.05, 4.69) is 4.98 Å². The predicted octanol–water partition coefficient (Wildman–Crippen LogP) is 2.77. The van der Waals surface area contributed by atoms with E-state index in [-0.39, 0.29) is 0 Å². The summed E-state index contributed by atoms with van der Waals surface area (Å²) in [5.74, 6) is 0. The Morgan fingerprint density at radius 1 is 1.60 bits per heavy atom. The van der Waals surface area contributed by atoms with Crippen LogP contribution in [-0.2, 0) is 0 Å². The molecule has 0 amide bonds. The SMILES string of the molecule is CSc1cnc(Cl)c(C)c1. The summed E-state index contributed by atoms with van der Waals surface area (Å²) < 4.78 is 0. The van der Waals surface area contributed by atoms with E-state index in [1.807, 2.05) is 19.2 Å². The average Bonchev–Trinajstić information content (AvgIpc) is 1.95. The van der Waals surface area contributed by atoms with Gasteiger partial charge in [-0.25, -0.2) is 4.98 Å². The molecular weight excluding hydrogens is 166 g/mol. The maximum Gasteiger partial charge on any atom is 0.131 e. The van der Waals surface area contributed by atoms with Crippen molar-refractivity contribution in [2.24, 2.45) is 0 Å². The molecule has 0 saturated heterocycles. The van der Waals surface area contributed by atoms with Gasteiger partial charge in [0.15, 0.2) is 0 Å². The van der Waals surface area contributed by atoms with Crippen molar-refractivity contribution in [3.05, 3.63) is 23.0 Å². The van der Waals surface area contributed by atoms with E-state index in [4.69, 9.17) is 11.6 Å².